The number of anilines is 1. The van der Waals surface area contributed by atoms with E-state index in [4.69, 9.17) is 4.74 Å². The van der Waals surface area contributed by atoms with Gasteiger partial charge in [-0.15, -0.1) is 5.10 Å². The molecule has 2 heterocycles. The molecule has 38 heavy (non-hydrogen) atoms. The molecule has 5 rings (SSSR count). The third kappa shape index (κ3) is 4.72. The zero-order valence-electron chi connectivity index (χ0n) is 21.2. The number of carbonyl (C=O) groups excluding carboxylic acids is 1. The zero-order chi connectivity index (χ0) is 26.7. The molecule has 4 aromatic rings. The number of ether oxygens (including phenoxy) is 1. The molecule has 196 valence electrons. The number of halogens is 2. The van der Waals surface area contributed by atoms with E-state index in [9.17, 15) is 13.6 Å². The normalized spacial score (nSPS) is 18.8. The molecule has 2 atom stereocenters. The molecule has 0 aliphatic carbocycles. The van der Waals surface area contributed by atoms with Gasteiger partial charge in [-0.2, -0.15) is 0 Å². The number of nitrogens with one attached hydrogen (secondary N) is 3. The Hall–Kier alpha value is -4.24. The summed E-state index contributed by atoms with van der Waals surface area (Å²) in [6, 6.07) is 22.4. The second-order valence-corrected chi connectivity index (χ2v) is 9.23. The van der Waals surface area contributed by atoms with E-state index in [0.717, 1.165) is 17.3 Å². The van der Waals surface area contributed by atoms with E-state index >= 15 is 0 Å². The first-order valence-electron chi connectivity index (χ1n) is 12.5. The van der Waals surface area contributed by atoms with Crippen LogP contribution in [0.3, 0.4) is 0 Å². The summed E-state index contributed by atoms with van der Waals surface area (Å²) in [5, 5.41) is 14.1. The predicted octanol–water partition coefficient (Wildman–Crippen LogP) is 5.26. The maximum Gasteiger partial charge on any atom is 0.321 e. The summed E-state index contributed by atoms with van der Waals surface area (Å²) in [5.41, 5.74) is 1.95. The number of urea groups is 1. The summed E-state index contributed by atoms with van der Waals surface area (Å²) in [7, 11) is 0. The molecule has 3 aromatic carbocycles. The Balaban J connectivity index is 1.52. The van der Waals surface area contributed by atoms with Crippen molar-refractivity contribution in [2.75, 3.05) is 25.0 Å². The molecule has 0 saturated carbocycles. The number of hydrogen-bond donors (Lipinski definition) is 3. The van der Waals surface area contributed by atoms with Gasteiger partial charge in [0, 0.05) is 19.0 Å². The minimum Gasteiger partial charge on any atom is -0.477 e. The summed E-state index contributed by atoms with van der Waals surface area (Å²) in [6.07, 6.45) is 0. The van der Waals surface area contributed by atoms with Gasteiger partial charge in [-0.05, 0) is 49.2 Å². The van der Waals surface area contributed by atoms with Crippen LogP contribution >= 0.6 is 0 Å². The van der Waals surface area contributed by atoms with Crippen LogP contribution in [0, 0.1) is 18.6 Å². The highest BCUT2D eigenvalue weighted by Crippen LogP contribution is 2.40. The fraction of sp³-hybridized carbons (Fsp3) is 0.241. The van der Waals surface area contributed by atoms with Gasteiger partial charge >= 0.3 is 6.03 Å². The van der Waals surface area contributed by atoms with E-state index < -0.39 is 23.2 Å². The van der Waals surface area contributed by atoms with Crippen molar-refractivity contribution >= 4 is 11.8 Å². The topological polar surface area (TPSA) is 80.2 Å². The average molecular weight is 518 g/mol. The highest BCUT2D eigenvalue weighted by atomic mass is 19.2. The van der Waals surface area contributed by atoms with Gasteiger partial charge in [-0.3, -0.25) is 5.32 Å². The first kappa shape index (κ1) is 25.4. The highest BCUT2D eigenvalue weighted by Gasteiger charge is 2.46. The third-order valence-corrected chi connectivity index (χ3v) is 6.91. The van der Waals surface area contributed by atoms with Crippen molar-refractivity contribution in [1.29, 1.82) is 0 Å². The smallest absolute Gasteiger partial charge is 0.321 e. The Morgan fingerprint density at radius 3 is 2.47 bits per heavy atom. The summed E-state index contributed by atoms with van der Waals surface area (Å²) >= 11 is 0. The summed E-state index contributed by atoms with van der Waals surface area (Å²) < 4.78 is 35.3. The number of amides is 2. The van der Waals surface area contributed by atoms with Crippen LogP contribution < -0.4 is 20.7 Å². The largest absolute Gasteiger partial charge is 0.477 e. The Morgan fingerprint density at radius 2 is 1.79 bits per heavy atom. The van der Waals surface area contributed by atoms with Gasteiger partial charge in [0.1, 0.15) is 5.82 Å². The van der Waals surface area contributed by atoms with Gasteiger partial charge < -0.3 is 15.4 Å². The molecular formula is C29H29F2N5O2. The number of para-hydroxylation sites is 1. The number of aromatic nitrogens is 2. The Labute approximate surface area is 219 Å². The van der Waals surface area contributed by atoms with Crippen LogP contribution in [0.1, 0.15) is 29.5 Å². The first-order valence-corrected chi connectivity index (χ1v) is 12.5. The van der Waals surface area contributed by atoms with Crippen molar-refractivity contribution in [2.24, 2.45) is 0 Å². The second kappa shape index (κ2) is 10.6. The van der Waals surface area contributed by atoms with Crippen LogP contribution in [0.2, 0.25) is 0 Å². The Kier molecular flexibility index (Phi) is 7.11. The van der Waals surface area contributed by atoms with E-state index in [-0.39, 0.29) is 5.92 Å². The minimum atomic E-state index is -0.927. The lowest BCUT2D eigenvalue weighted by atomic mass is 9.77. The van der Waals surface area contributed by atoms with Crippen molar-refractivity contribution in [3.63, 3.8) is 0 Å². The molecule has 9 heteroatoms. The lowest BCUT2D eigenvalue weighted by molar-refractivity contribution is 0.234. The van der Waals surface area contributed by atoms with Crippen molar-refractivity contribution < 1.29 is 18.3 Å². The van der Waals surface area contributed by atoms with Crippen LogP contribution in [0.15, 0.2) is 78.9 Å². The zero-order valence-corrected chi connectivity index (χ0v) is 21.2. The van der Waals surface area contributed by atoms with Crippen LogP contribution in [0.4, 0.5) is 19.4 Å². The lowest BCUT2D eigenvalue weighted by Gasteiger charge is -2.36. The van der Waals surface area contributed by atoms with Crippen LogP contribution in [-0.2, 0) is 5.54 Å². The van der Waals surface area contributed by atoms with Crippen LogP contribution in [0.25, 0.3) is 5.69 Å². The molecule has 7 nitrogen and oxygen atoms in total. The number of benzene rings is 3. The van der Waals surface area contributed by atoms with E-state index in [1.165, 1.54) is 6.07 Å². The van der Waals surface area contributed by atoms with E-state index in [0.29, 0.717) is 42.5 Å². The summed E-state index contributed by atoms with van der Waals surface area (Å²) in [5.74, 6) is -1.30. The molecule has 1 aliphatic heterocycles. The minimum absolute atomic E-state index is 0.357. The predicted molar refractivity (Wildman–Crippen MR) is 142 cm³/mol. The number of rotatable bonds is 7. The fourth-order valence-corrected chi connectivity index (χ4v) is 5.08. The van der Waals surface area contributed by atoms with Crippen molar-refractivity contribution in [3.05, 3.63) is 107 Å². The Bertz CT molecular complexity index is 1430. The van der Waals surface area contributed by atoms with E-state index in [1.54, 1.807) is 10.7 Å². The standard InChI is InChI=1S/C29H29F2N5O2/c1-3-38-27-19(2)26(36(35-27)22-12-8-5-9-13-22)33-28(37)34-29(21-10-6-4-7-11-21)18-32-17-23(29)20-14-15-24(30)25(31)16-20/h4-16,23,32H,3,17-18H2,1-2H3,(H2,33,34,37)/t23-,29+/m0/s1. The van der Waals surface area contributed by atoms with Gasteiger partial charge in [0.05, 0.1) is 23.4 Å². The molecule has 0 unspecified atom stereocenters. The first-order chi connectivity index (χ1) is 18.4. The van der Waals surface area contributed by atoms with Crippen LogP contribution in [-0.4, -0.2) is 35.5 Å². The molecule has 0 spiro atoms. The second-order valence-electron chi connectivity index (χ2n) is 9.23. The summed E-state index contributed by atoms with van der Waals surface area (Å²) in [4.78, 5) is 13.7. The average Bonchev–Trinajstić information content (AvgIpc) is 3.49. The number of carbonyl (C=O) groups is 1. The summed E-state index contributed by atoms with van der Waals surface area (Å²) in [6.45, 7) is 5.00. The van der Waals surface area contributed by atoms with E-state index in [1.807, 2.05) is 74.5 Å². The SMILES string of the molecule is CCOc1nn(-c2ccccc2)c(NC(=O)N[C@@]2(c3ccccc3)CNC[C@H]2c2ccc(F)c(F)c2)c1C. The molecule has 1 aromatic heterocycles. The number of hydrogen-bond acceptors (Lipinski definition) is 4. The Morgan fingerprint density at radius 1 is 1.08 bits per heavy atom. The van der Waals surface area contributed by atoms with Crippen molar-refractivity contribution in [1.82, 2.24) is 20.4 Å². The third-order valence-electron chi connectivity index (χ3n) is 6.91. The maximum atomic E-state index is 14.2. The van der Waals surface area contributed by atoms with Gasteiger partial charge in [0.2, 0.25) is 5.88 Å². The van der Waals surface area contributed by atoms with Gasteiger partial charge in [-0.25, -0.2) is 18.3 Å². The molecule has 0 radical (unpaired) electrons. The van der Waals surface area contributed by atoms with Gasteiger partial charge in [0.15, 0.2) is 11.6 Å². The van der Waals surface area contributed by atoms with Gasteiger partial charge in [-0.1, -0.05) is 54.6 Å². The molecule has 3 N–H and O–H groups in total. The number of nitrogens with zero attached hydrogens (tertiary/aromatic N) is 2. The van der Waals surface area contributed by atoms with Gasteiger partial charge in [0.25, 0.3) is 0 Å². The molecule has 2 amide bonds. The van der Waals surface area contributed by atoms with E-state index in [2.05, 4.69) is 21.0 Å². The molecular weight excluding hydrogens is 488 g/mol. The maximum absolute atomic E-state index is 14.2. The molecule has 0 bridgehead atoms. The molecule has 1 fully saturated rings. The quantitative estimate of drug-likeness (QED) is 0.312. The monoisotopic (exact) mass is 517 g/mol. The van der Waals surface area contributed by atoms with Crippen LogP contribution in [0.5, 0.6) is 5.88 Å². The van der Waals surface area contributed by atoms with Crippen molar-refractivity contribution in [2.45, 2.75) is 25.3 Å². The molecule has 1 saturated heterocycles. The lowest BCUT2D eigenvalue weighted by Crippen LogP contribution is -2.52. The molecule has 1 aliphatic rings. The van der Waals surface area contributed by atoms with Crippen molar-refractivity contribution in [3.8, 4) is 11.6 Å². The fourth-order valence-electron chi connectivity index (χ4n) is 5.08. The highest BCUT2D eigenvalue weighted by molar-refractivity contribution is 5.90.